The Kier molecular flexibility index (Phi) is 6.44. The number of phenolic OH excluding ortho intramolecular Hbond substituents is 1. The van der Waals surface area contributed by atoms with Crippen LogP contribution in [0.25, 0.3) is 0 Å². The molecule has 3 rings (SSSR count). The highest BCUT2D eigenvalue weighted by molar-refractivity contribution is 6.16. The fourth-order valence-corrected chi connectivity index (χ4v) is 3.44. The number of carbonyl (C=O) groups is 3. The summed E-state index contributed by atoms with van der Waals surface area (Å²) in [4.78, 5) is 39.2. The number of benzene rings is 2. The standard InChI is InChI=1S/C24H25NO6/c1-4-13-31-24(30)16-5-9-17(10-6-16)25-20(15-7-11-18(26)12-8-15)19(21(27)14(2)3)22(28)23(25)29/h5-12,14,20,26,28H,4,13H2,1-3H3. The van der Waals surface area contributed by atoms with Gasteiger partial charge in [0.25, 0.3) is 5.91 Å². The van der Waals surface area contributed by atoms with Crippen molar-refractivity contribution in [2.75, 3.05) is 11.5 Å². The first-order valence-corrected chi connectivity index (χ1v) is 10.1. The average Bonchev–Trinajstić information content (AvgIpc) is 3.02. The Morgan fingerprint density at radius 2 is 1.65 bits per heavy atom. The van der Waals surface area contributed by atoms with Crippen molar-refractivity contribution in [3.63, 3.8) is 0 Å². The van der Waals surface area contributed by atoms with Gasteiger partial charge in [0.2, 0.25) is 0 Å². The van der Waals surface area contributed by atoms with Crippen molar-refractivity contribution in [2.24, 2.45) is 5.92 Å². The number of nitrogens with zero attached hydrogens (tertiary/aromatic N) is 1. The molecule has 1 unspecified atom stereocenters. The van der Waals surface area contributed by atoms with Crippen LogP contribution < -0.4 is 4.90 Å². The van der Waals surface area contributed by atoms with Gasteiger partial charge in [-0.3, -0.25) is 14.5 Å². The van der Waals surface area contributed by atoms with Crippen molar-refractivity contribution in [3.05, 3.63) is 71.0 Å². The molecule has 1 heterocycles. The van der Waals surface area contributed by atoms with Gasteiger partial charge < -0.3 is 14.9 Å². The average molecular weight is 423 g/mol. The summed E-state index contributed by atoms with van der Waals surface area (Å²) in [5.41, 5.74) is 1.32. The second kappa shape index (κ2) is 9.04. The van der Waals surface area contributed by atoms with Crippen LogP contribution in [0.1, 0.15) is 49.2 Å². The van der Waals surface area contributed by atoms with Gasteiger partial charge >= 0.3 is 5.97 Å². The molecule has 0 fully saturated rings. The van der Waals surface area contributed by atoms with E-state index in [0.717, 1.165) is 0 Å². The van der Waals surface area contributed by atoms with Gasteiger partial charge in [0.05, 0.1) is 23.8 Å². The van der Waals surface area contributed by atoms with Crippen LogP contribution >= 0.6 is 0 Å². The van der Waals surface area contributed by atoms with E-state index in [1.165, 1.54) is 29.2 Å². The molecule has 0 bridgehead atoms. The van der Waals surface area contributed by atoms with E-state index in [0.29, 0.717) is 29.8 Å². The molecule has 0 aliphatic carbocycles. The molecule has 0 aromatic heterocycles. The SMILES string of the molecule is CCCOC(=O)c1ccc(N2C(=O)C(O)=C(C(=O)C(C)C)C2c2ccc(O)cc2)cc1. The van der Waals surface area contributed by atoms with E-state index in [4.69, 9.17) is 4.74 Å². The minimum atomic E-state index is -0.860. The lowest BCUT2D eigenvalue weighted by Crippen LogP contribution is -2.31. The molecule has 2 aromatic rings. The molecule has 0 saturated carbocycles. The summed E-state index contributed by atoms with van der Waals surface area (Å²) in [5, 5.41) is 20.2. The van der Waals surface area contributed by atoms with Gasteiger partial charge in [-0.1, -0.05) is 32.9 Å². The van der Waals surface area contributed by atoms with Gasteiger partial charge in [-0.25, -0.2) is 4.79 Å². The summed E-state index contributed by atoms with van der Waals surface area (Å²) in [5.74, 6) is -2.50. The number of phenols is 1. The third-order valence-corrected chi connectivity index (χ3v) is 5.03. The first-order valence-electron chi connectivity index (χ1n) is 10.1. The van der Waals surface area contributed by atoms with Gasteiger partial charge in [0.15, 0.2) is 11.5 Å². The van der Waals surface area contributed by atoms with Crippen molar-refractivity contribution in [1.29, 1.82) is 0 Å². The number of Topliss-reactive ketones (excluding diaryl/α,β-unsaturated/α-hetero) is 1. The monoisotopic (exact) mass is 423 g/mol. The molecule has 31 heavy (non-hydrogen) atoms. The van der Waals surface area contributed by atoms with Crippen molar-refractivity contribution in [1.82, 2.24) is 0 Å². The fourth-order valence-electron chi connectivity index (χ4n) is 3.44. The maximum absolute atomic E-state index is 13.0. The topological polar surface area (TPSA) is 104 Å². The van der Waals surface area contributed by atoms with Crippen LogP contribution in [-0.4, -0.2) is 34.5 Å². The first-order chi connectivity index (χ1) is 14.8. The van der Waals surface area contributed by atoms with Crippen LogP contribution in [0.3, 0.4) is 0 Å². The smallest absolute Gasteiger partial charge is 0.338 e. The second-order valence-corrected chi connectivity index (χ2v) is 7.63. The van der Waals surface area contributed by atoms with Crippen LogP contribution in [0.2, 0.25) is 0 Å². The van der Waals surface area contributed by atoms with E-state index in [2.05, 4.69) is 0 Å². The predicted octanol–water partition coefficient (Wildman–Crippen LogP) is 4.08. The van der Waals surface area contributed by atoms with Crippen LogP contribution in [0.15, 0.2) is 59.9 Å². The molecule has 0 saturated heterocycles. The van der Waals surface area contributed by atoms with E-state index >= 15 is 0 Å². The summed E-state index contributed by atoms with van der Waals surface area (Å²) in [6.07, 6.45) is 0.706. The summed E-state index contributed by atoms with van der Waals surface area (Å²) in [6.45, 7) is 5.60. The largest absolute Gasteiger partial charge is 0.508 e. The Morgan fingerprint density at radius 1 is 1.03 bits per heavy atom. The number of aliphatic hydroxyl groups is 1. The lowest BCUT2D eigenvalue weighted by Gasteiger charge is -2.27. The molecule has 1 amide bonds. The van der Waals surface area contributed by atoms with E-state index in [1.54, 1.807) is 38.1 Å². The van der Waals surface area contributed by atoms with Crippen LogP contribution in [0, 0.1) is 5.92 Å². The molecule has 7 nitrogen and oxygen atoms in total. The molecule has 0 radical (unpaired) electrons. The lowest BCUT2D eigenvalue weighted by atomic mass is 9.91. The number of rotatable bonds is 7. The number of aromatic hydroxyl groups is 1. The summed E-state index contributed by atoms with van der Waals surface area (Å²) in [6, 6.07) is 11.5. The summed E-state index contributed by atoms with van der Waals surface area (Å²) >= 11 is 0. The molecule has 1 aliphatic rings. The van der Waals surface area contributed by atoms with E-state index < -0.39 is 29.6 Å². The molecule has 162 valence electrons. The molecule has 2 N–H and O–H groups in total. The molecule has 1 aliphatic heterocycles. The highest BCUT2D eigenvalue weighted by Gasteiger charge is 2.44. The third kappa shape index (κ3) is 4.30. The second-order valence-electron chi connectivity index (χ2n) is 7.63. The van der Waals surface area contributed by atoms with Gasteiger partial charge in [-0.15, -0.1) is 0 Å². The lowest BCUT2D eigenvalue weighted by molar-refractivity contribution is -0.119. The van der Waals surface area contributed by atoms with Gasteiger partial charge in [-0.2, -0.15) is 0 Å². The summed E-state index contributed by atoms with van der Waals surface area (Å²) in [7, 11) is 0. The minimum Gasteiger partial charge on any atom is -0.508 e. The van der Waals surface area contributed by atoms with Crippen molar-refractivity contribution in [2.45, 2.75) is 33.2 Å². The number of hydrogen-bond donors (Lipinski definition) is 2. The normalized spacial score (nSPS) is 16.2. The Balaban J connectivity index is 2.04. The van der Waals surface area contributed by atoms with Crippen molar-refractivity contribution < 1.29 is 29.3 Å². The number of ketones is 1. The Bertz CT molecular complexity index is 1020. The van der Waals surface area contributed by atoms with Gasteiger partial charge in [0, 0.05) is 11.6 Å². The zero-order chi connectivity index (χ0) is 22.7. The number of anilines is 1. The number of esters is 1. The van der Waals surface area contributed by atoms with Crippen molar-refractivity contribution in [3.8, 4) is 5.75 Å². The quantitative estimate of drug-likeness (QED) is 0.650. The molecule has 2 aromatic carbocycles. The van der Waals surface area contributed by atoms with Crippen LogP contribution in [0.5, 0.6) is 5.75 Å². The fraction of sp³-hybridized carbons (Fsp3) is 0.292. The van der Waals surface area contributed by atoms with Gasteiger partial charge in [-0.05, 0) is 48.4 Å². The minimum absolute atomic E-state index is 0.0112. The Morgan fingerprint density at radius 3 is 2.19 bits per heavy atom. The highest BCUT2D eigenvalue weighted by Crippen LogP contribution is 2.42. The molecule has 0 spiro atoms. The zero-order valence-corrected chi connectivity index (χ0v) is 17.7. The van der Waals surface area contributed by atoms with Crippen molar-refractivity contribution >= 4 is 23.3 Å². The van der Waals surface area contributed by atoms with E-state index in [-0.39, 0.29) is 17.1 Å². The van der Waals surface area contributed by atoms with E-state index in [1.807, 2.05) is 6.92 Å². The summed E-state index contributed by atoms with van der Waals surface area (Å²) < 4.78 is 5.12. The first kappa shape index (κ1) is 22.1. The highest BCUT2D eigenvalue weighted by atomic mass is 16.5. The number of aliphatic hydroxyl groups excluding tert-OH is 1. The Labute approximate surface area is 180 Å². The van der Waals surface area contributed by atoms with Crippen LogP contribution in [0.4, 0.5) is 5.69 Å². The number of hydrogen-bond acceptors (Lipinski definition) is 6. The molecular weight excluding hydrogens is 398 g/mol. The number of ether oxygens (including phenoxy) is 1. The zero-order valence-electron chi connectivity index (χ0n) is 17.7. The van der Waals surface area contributed by atoms with Gasteiger partial charge in [0.1, 0.15) is 5.75 Å². The third-order valence-electron chi connectivity index (χ3n) is 5.03. The van der Waals surface area contributed by atoms with E-state index in [9.17, 15) is 24.6 Å². The molecule has 7 heteroatoms. The maximum atomic E-state index is 13.0. The number of carbonyl (C=O) groups excluding carboxylic acids is 3. The van der Waals surface area contributed by atoms with Crippen LogP contribution in [-0.2, 0) is 14.3 Å². The maximum Gasteiger partial charge on any atom is 0.338 e. The predicted molar refractivity (Wildman–Crippen MR) is 115 cm³/mol. The number of amides is 1. The Hall–Kier alpha value is -3.61. The molecular formula is C24H25NO6. The molecule has 1 atom stereocenters.